The number of hydrogen-bond acceptors (Lipinski definition) is 9. The maximum absolute atomic E-state index is 13.1. The zero-order valence-corrected chi connectivity index (χ0v) is 22.1. The zero-order valence-electron chi connectivity index (χ0n) is 19.8. The van der Waals surface area contributed by atoms with Gasteiger partial charge in [0.1, 0.15) is 10.7 Å². The standard InChI is InChI=1S/C24H19Cl2N5O6S/c1-13(2)37-24(34)14-4-3-5-16(12-14)31-22(32)20(26)21(23(31)33)27-15-6-8-17(9-7-15)38(35,36)30-19-11-10-18(25)28-29-19/h3-13,27H,1-2H3,(H,29,30). The van der Waals surface area contributed by atoms with Gasteiger partial charge >= 0.3 is 5.97 Å². The van der Waals surface area contributed by atoms with E-state index in [2.05, 4.69) is 20.2 Å². The lowest BCUT2D eigenvalue weighted by Crippen LogP contribution is -2.32. The molecule has 38 heavy (non-hydrogen) atoms. The average molecular weight is 576 g/mol. The molecular weight excluding hydrogens is 557 g/mol. The van der Waals surface area contributed by atoms with Crippen molar-refractivity contribution < 1.29 is 27.5 Å². The smallest absolute Gasteiger partial charge is 0.338 e. The Morgan fingerprint density at radius 2 is 1.68 bits per heavy atom. The van der Waals surface area contributed by atoms with Gasteiger partial charge in [-0.2, -0.15) is 0 Å². The molecule has 14 heteroatoms. The van der Waals surface area contributed by atoms with Crippen LogP contribution in [-0.2, 0) is 24.3 Å². The SMILES string of the molecule is CC(C)OC(=O)c1cccc(N2C(=O)C(Cl)=C(Nc3ccc(S(=O)(=O)Nc4ccc(Cl)nn4)cc3)C2=O)c1. The number of esters is 1. The zero-order chi connectivity index (χ0) is 27.6. The number of aromatic nitrogens is 2. The van der Waals surface area contributed by atoms with Crippen LogP contribution >= 0.6 is 23.2 Å². The summed E-state index contributed by atoms with van der Waals surface area (Å²) in [4.78, 5) is 38.9. The molecule has 1 aliphatic rings. The van der Waals surface area contributed by atoms with Crippen LogP contribution in [0.3, 0.4) is 0 Å². The Morgan fingerprint density at radius 3 is 2.32 bits per heavy atom. The number of halogens is 2. The minimum atomic E-state index is -3.99. The molecule has 11 nitrogen and oxygen atoms in total. The van der Waals surface area contributed by atoms with Gasteiger partial charge in [0.25, 0.3) is 21.8 Å². The Morgan fingerprint density at radius 1 is 0.974 bits per heavy atom. The number of sulfonamides is 1. The van der Waals surface area contributed by atoms with E-state index in [1.807, 2.05) is 0 Å². The first-order valence-electron chi connectivity index (χ1n) is 10.9. The molecule has 0 unspecified atom stereocenters. The third-order valence-corrected chi connectivity index (χ3v) is 6.94. The minimum absolute atomic E-state index is 0.0229. The van der Waals surface area contributed by atoms with Gasteiger partial charge in [-0.05, 0) is 68.4 Å². The van der Waals surface area contributed by atoms with Crippen LogP contribution < -0.4 is 14.9 Å². The van der Waals surface area contributed by atoms with Gasteiger partial charge in [-0.15, -0.1) is 10.2 Å². The van der Waals surface area contributed by atoms with Crippen LogP contribution in [0.25, 0.3) is 0 Å². The van der Waals surface area contributed by atoms with Gasteiger partial charge in [0.05, 0.1) is 22.3 Å². The third-order valence-electron chi connectivity index (χ3n) is 5.01. The summed E-state index contributed by atoms with van der Waals surface area (Å²) < 4.78 is 32.7. The predicted octanol–water partition coefficient (Wildman–Crippen LogP) is 3.93. The van der Waals surface area contributed by atoms with Crippen molar-refractivity contribution in [3.8, 4) is 0 Å². The Balaban J connectivity index is 1.51. The number of nitrogens with one attached hydrogen (secondary N) is 2. The van der Waals surface area contributed by atoms with Crippen LogP contribution in [0.4, 0.5) is 17.2 Å². The molecule has 2 aromatic carbocycles. The fourth-order valence-corrected chi connectivity index (χ4v) is 4.64. The van der Waals surface area contributed by atoms with Gasteiger partial charge in [-0.3, -0.25) is 14.3 Å². The summed E-state index contributed by atoms with van der Waals surface area (Å²) in [6.07, 6.45) is -0.351. The topological polar surface area (TPSA) is 148 Å². The maximum Gasteiger partial charge on any atom is 0.338 e. The molecule has 0 saturated heterocycles. The van der Waals surface area contributed by atoms with Gasteiger partial charge in [0.15, 0.2) is 11.0 Å². The highest BCUT2D eigenvalue weighted by Gasteiger charge is 2.39. The van der Waals surface area contributed by atoms with E-state index in [9.17, 15) is 22.8 Å². The van der Waals surface area contributed by atoms with Crippen LogP contribution in [0.2, 0.25) is 5.15 Å². The second kappa shape index (κ2) is 10.8. The second-order valence-corrected chi connectivity index (χ2v) is 10.6. The number of imide groups is 1. The van der Waals surface area contributed by atoms with E-state index < -0.39 is 27.8 Å². The quantitative estimate of drug-likeness (QED) is 0.301. The van der Waals surface area contributed by atoms with E-state index in [-0.39, 0.29) is 44.0 Å². The molecular formula is C24H19Cl2N5O6S. The number of ether oxygens (including phenoxy) is 1. The van der Waals surface area contributed by atoms with Crippen molar-refractivity contribution in [1.29, 1.82) is 0 Å². The van der Waals surface area contributed by atoms with E-state index in [1.165, 1.54) is 60.7 Å². The first-order chi connectivity index (χ1) is 18.0. The number of hydrogen-bond donors (Lipinski definition) is 2. The molecule has 4 rings (SSSR count). The first kappa shape index (κ1) is 27.0. The average Bonchev–Trinajstić information content (AvgIpc) is 3.08. The first-order valence-corrected chi connectivity index (χ1v) is 13.2. The molecule has 2 heterocycles. The molecule has 0 radical (unpaired) electrons. The Hall–Kier alpha value is -4.00. The van der Waals surface area contributed by atoms with Gasteiger partial charge < -0.3 is 10.1 Å². The van der Waals surface area contributed by atoms with Gasteiger partial charge in [-0.1, -0.05) is 29.3 Å². The summed E-state index contributed by atoms with van der Waals surface area (Å²) in [6.45, 7) is 3.40. The number of carbonyl (C=O) groups excluding carboxylic acids is 3. The largest absolute Gasteiger partial charge is 0.459 e. The molecule has 1 aromatic heterocycles. The van der Waals surface area contributed by atoms with E-state index in [0.717, 1.165) is 4.90 Å². The number of amides is 2. The van der Waals surface area contributed by atoms with Gasteiger partial charge in [0, 0.05) is 5.69 Å². The molecule has 196 valence electrons. The summed E-state index contributed by atoms with van der Waals surface area (Å²) in [6, 6.07) is 13.9. The Labute approximate surface area is 227 Å². The molecule has 0 saturated carbocycles. The molecule has 0 bridgehead atoms. The number of rotatable bonds is 8. The fourth-order valence-electron chi connectivity index (χ4n) is 3.33. The lowest BCUT2D eigenvalue weighted by Gasteiger charge is -2.16. The Kier molecular flexibility index (Phi) is 7.67. The van der Waals surface area contributed by atoms with Crippen molar-refractivity contribution in [3.63, 3.8) is 0 Å². The highest BCUT2D eigenvalue weighted by molar-refractivity contribution is 7.92. The van der Waals surface area contributed by atoms with Crippen molar-refractivity contribution in [3.05, 3.63) is 82.1 Å². The van der Waals surface area contributed by atoms with Crippen LogP contribution in [0, 0.1) is 0 Å². The fraction of sp³-hybridized carbons (Fsp3) is 0.125. The van der Waals surface area contributed by atoms with Crippen molar-refractivity contribution in [2.75, 3.05) is 14.9 Å². The molecule has 2 amide bonds. The van der Waals surface area contributed by atoms with Crippen LogP contribution in [0.1, 0.15) is 24.2 Å². The Bertz CT molecular complexity index is 1560. The maximum atomic E-state index is 13.1. The highest BCUT2D eigenvalue weighted by Crippen LogP contribution is 2.31. The summed E-state index contributed by atoms with van der Waals surface area (Å²) in [5.41, 5.74) is 0.368. The normalized spacial score (nSPS) is 13.8. The monoisotopic (exact) mass is 575 g/mol. The van der Waals surface area contributed by atoms with Gasteiger partial charge in [-0.25, -0.2) is 18.1 Å². The molecule has 3 aromatic rings. The van der Waals surface area contributed by atoms with E-state index in [1.54, 1.807) is 13.8 Å². The molecule has 0 fully saturated rings. The van der Waals surface area contributed by atoms with Crippen LogP contribution in [0.5, 0.6) is 0 Å². The molecule has 1 aliphatic heterocycles. The lowest BCUT2D eigenvalue weighted by atomic mass is 10.2. The lowest BCUT2D eigenvalue weighted by molar-refractivity contribution is -0.120. The van der Waals surface area contributed by atoms with Gasteiger partial charge in [0.2, 0.25) is 0 Å². The van der Waals surface area contributed by atoms with Crippen LogP contribution in [0.15, 0.2) is 76.3 Å². The summed E-state index contributed by atoms with van der Waals surface area (Å²) in [5.74, 6) is -2.17. The summed E-state index contributed by atoms with van der Waals surface area (Å²) in [5, 5.41) is 9.73. The summed E-state index contributed by atoms with van der Waals surface area (Å²) in [7, 11) is -3.99. The number of carbonyl (C=O) groups is 3. The van der Waals surface area contributed by atoms with E-state index in [0.29, 0.717) is 5.69 Å². The minimum Gasteiger partial charge on any atom is -0.459 e. The molecule has 0 aliphatic carbocycles. The number of anilines is 3. The molecule has 0 spiro atoms. The van der Waals surface area contributed by atoms with Crippen LogP contribution in [-0.4, -0.2) is 42.5 Å². The van der Waals surface area contributed by atoms with Crippen molar-refractivity contribution >= 4 is 68.2 Å². The third kappa shape index (κ3) is 5.77. The second-order valence-electron chi connectivity index (χ2n) is 8.14. The van der Waals surface area contributed by atoms with Crippen molar-refractivity contribution in [2.45, 2.75) is 24.8 Å². The predicted molar refractivity (Wildman–Crippen MR) is 140 cm³/mol. The van der Waals surface area contributed by atoms with E-state index >= 15 is 0 Å². The highest BCUT2D eigenvalue weighted by atomic mass is 35.5. The van der Waals surface area contributed by atoms with Crippen molar-refractivity contribution in [1.82, 2.24) is 10.2 Å². The van der Waals surface area contributed by atoms with Crippen molar-refractivity contribution in [2.24, 2.45) is 0 Å². The number of nitrogens with zero attached hydrogens (tertiary/aromatic N) is 3. The number of benzene rings is 2. The molecule has 0 atom stereocenters. The summed E-state index contributed by atoms with van der Waals surface area (Å²) >= 11 is 11.8. The molecule has 2 N–H and O–H groups in total. The van der Waals surface area contributed by atoms with E-state index in [4.69, 9.17) is 27.9 Å².